The molecule has 1 amide bonds. The lowest BCUT2D eigenvalue weighted by molar-refractivity contribution is -0.148. The van der Waals surface area contributed by atoms with E-state index in [9.17, 15) is 9.59 Å². The molecule has 0 saturated carbocycles. The maximum Gasteiger partial charge on any atom is 0.316 e. The minimum Gasteiger partial charge on any atom is -0.468 e. The second kappa shape index (κ2) is 10.6. The summed E-state index contributed by atoms with van der Waals surface area (Å²) in [5.74, 6) is 0.601. The van der Waals surface area contributed by atoms with Crippen LogP contribution in [0.5, 0.6) is 0 Å². The molecule has 1 aliphatic heterocycles. The smallest absolute Gasteiger partial charge is 0.316 e. The van der Waals surface area contributed by atoms with Gasteiger partial charge in [0.1, 0.15) is 17.3 Å². The molecule has 2 heterocycles. The summed E-state index contributed by atoms with van der Waals surface area (Å²) in [7, 11) is 1.40. The molecule has 1 aromatic heterocycles. The van der Waals surface area contributed by atoms with Crippen LogP contribution in [0.25, 0.3) is 0 Å². The highest BCUT2D eigenvalue weighted by atomic mass is 16.5. The maximum atomic E-state index is 13.0. The van der Waals surface area contributed by atoms with Crippen molar-refractivity contribution in [2.45, 2.75) is 56.8 Å². The molecule has 3 N–H and O–H groups in total. The summed E-state index contributed by atoms with van der Waals surface area (Å²) in [6.07, 6.45) is 0.847. The zero-order chi connectivity index (χ0) is 25.8. The van der Waals surface area contributed by atoms with Gasteiger partial charge in [0.25, 0.3) is 0 Å². The number of carbonyl (C=O) groups excluding carboxylic acids is 2. The molecule has 1 unspecified atom stereocenters. The van der Waals surface area contributed by atoms with Crippen molar-refractivity contribution < 1.29 is 19.1 Å². The number of nitrogens with one attached hydrogen (secondary N) is 1. The van der Waals surface area contributed by atoms with E-state index in [-0.39, 0.29) is 18.5 Å². The second-order valence-electron chi connectivity index (χ2n) is 9.74. The monoisotopic (exact) mass is 491 g/mol. The molecule has 9 nitrogen and oxygen atoms in total. The molecule has 190 valence electrons. The Morgan fingerprint density at radius 2 is 1.78 bits per heavy atom. The Morgan fingerprint density at radius 1 is 1.11 bits per heavy atom. The molecule has 0 radical (unpaired) electrons. The lowest BCUT2D eigenvalue weighted by Gasteiger charge is -2.35. The lowest BCUT2D eigenvalue weighted by atomic mass is 9.73. The third kappa shape index (κ3) is 5.32. The molecule has 0 saturated heterocycles. The normalized spacial score (nSPS) is 18.2. The Labute approximate surface area is 211 Å². The fourth-order valence-corrected chi connectivity index (χ4v) is 4.53. The average molecular weight is 492 g/mol. The minimum absolute atomic E-state index is 0.190. The first kappa shape index (κ1) is 25.5. The van der Waals surface area contributed by atoms with Crippen LogP contribution < -0.4 is 11.1 Å². The Balaban J connectivity index is 1.60. The van der Waals surface area contributed by atoms with Gasteiger partial charge in [0.05, 0.1) is 25.9 Å². The van der Waals surface area contributed by atoms with Gasteiger partial charge in [-0.2, -0.15) is 0 Å². The van der Waals surface area contributed by atoms with Crippen LogP contribution in [0.4, 0.5) is 0 Å². The number of esters is 1. The van der Waals surface area contributed by atoms with Crippen LogP contribution >= 0.6 is 0 Å². The number of nitrogens with two attached hydrogens (primary N) is 1. The average Bonchev–Trinajstić information content (AvgIpc) is 3.31. The van der Waals surface area contributed by atoms with Gasteiger partial charge >= 0.3 is 5.97 Å². The zero-order valence-corrected chi connectivity index (χ0v) is 20.9. The third-order valence-electron chi connectivity index (χ3n) is 6.58. The highest BCUT2D eigenvalue weighted by Crippen LogP contribution is 2.38. The molecule has 0 fully saturated rings. The summed E-state index contributed by atoms with van der Waals surface area (Å²) < 4.78 is 13.1. The SMILES string of the molecule is COC(=O)C1(c2ccccc2)CCn2c(nnc2[C@@H](COCc2ccccc2)NC(=O)C(C)(C)N)C1. The molecule has 9 heteroatoms. The molecule has 2 aromatic carbocycles. The fraction of sp³-hybridized carbons (Fsp3) is 0.407. The van der Waals surface area contributed by atoms with E-state index in [2.05, 4.69) is 15.5 Å². The molecule has 3 aromatic rings. The Morgan fingerprint density at radius 3 is 2.42 bits per heavy atom. The van der Waals surface area contributed by atoms with Crippen molar-refractivity contribution in [2.24, 2.45) is 5.73 Å². The summed E-state index contributed by atoms with van der Waals surface area (Å²) in [5.41, 5.74) is 6.02. The Hall–Kier alpha value is -3.56. The molecule has 1 aliphatic rings. The van der Waals surface area contributed by atoms with E-state index in [0.29, 0.717) is 37.6 Å². The van der Waals surface area contributed by atoms with E-state index < -0.39 is 17.0 Å². The summed E-state index contributed by atoms with van der Waals surface area (Å²) in [6.45, 7) is 4.36. The second-order valence-corrected chi connectivity index (χ2v) is 9.74. The quantitative estimate of drug-likeness (QED) is 0.441. The number of methoxy groups -OCH3 is 1. The fourth-order valence-electron chi connectivity index (χ4n) is 4.53. The van der Waals surface area contributed by atoms with Crippen molar-refractivity contribution >= 4 is 11.9 Å². The van der Waals surface area contributed by atoms with Gasteiger partial charge in [-0.25, -0.2) is 0 Å². The van der Waals surface area contributed by atoms with Crippen molar-refractivity contribution in [3.05, 3.63) is 83.4 Å². The van der Waals surface area contributed by atoms with Crippen LogP contribution in [-0.4, -0.2) is 45.9 Å². The van der Waals surface area contributed by atoms with Crippen LogP contribution in [-0.2, 0) is 44.1 Å². The Bertz CT molecular complexity index is 1190. The molecule has 2 atom stereocenters. The molecule has 36 heavy (non-hydrogen) atoms. The van der Waals surface area contributed by atoms with Gasteiger partial charge in [-0.3, -0.25) is 9.59 Å². The summed E-state index contributed by atoms with van der Waals surface area (Å²) in [6, 6.07) is 18.9. The van der Waals surface area contributed by atoms with Gasteiger partial charge < -0.3 is 25.1 Å². The number of hydrogen-bond acceptors (Lipinski definition) is 7. The van der Waals surface area contributed by atoms with Crippen molar-refractivity contribution in [2.75, 3.05) is 13.7 Å². The molecular formula is C27H33N5O4. The lowest BCUT2D eigenvalue weighted by Crippen LogP contribution is -2.51. The zero-order valence-electron chi connectivity index (χ0n) is 20.9. The number of nitrogens with zero attached hydrogens (tertiary/aromatic N) is 3. The number of benzene rings is 2. The summed E-state index contributed by atoms with van der Waals surface area (Å²) in [4.78, 5) is 25.8. The van der Waals surface area contributed by atoms with E-state index in [1.54, 1.807) is 13.8 Å². The van der Waals surface area contributed by atoms with Crippen LogP contribution in [0.2, 0.25) is 0 Å². The summed E-state index contributed by atoms with van der Waals surface area (Å²) >= 11 is 0. The Kier molecular flexibility index (Phi) is 7.51. The minimum atomic E-state index is -1.07. The first-order valence-corrected chi connectivity index (χ1v) is 12.0. The van der Waals surface area contributed by atoms with E-state index in [0.717, 1.165) is 11.1 Å². The van der Waals surface area contributed by atoms with Crippen molar-refractivity contribution in [1.82, 2.24) is 20.1 Å². The molecular weight excluding hydrogens is 458 g/mol. The van der Waals surface area contributed by atoms with Gasteiger partial charge in [0.15, 0.2) is 5.82 Å². The number of ether oxygens (including phenoxy) is 2. The van der Waals surface area contributed by atoms with Crippen molar-refractivity contribution in [3.8, 4) is 0 Å². The van der Waals surface area contributed by atoms with Gasteiger partial charge in [-0.15, -0.1) is 10.2 Å². The van der Waals surface area contributed by atoms with Crippen molar-refractivity contribution in [1.29, 1.82) is 0 Å². The predicted molar refractivity (Wildman–Crippen MR) is 134 cm³/mol. The molecule has 0 spiro atoms. The maximum absolute atomic E-state index is 13.0. The molecule has 0 aliphatic carbocycles. The van der Waals surface area contributed by atoms with E-state index in [1.807, 2.05) is 65.2 Å². The van der Waals surface area contributed by atoms with Gasteiger partial charge in [-0.1, -0.05) is 60.7 Å². The van der Waals surface area contributed by atoms with Crippen LogP contribution in [0.3, 0.4) is 0 Å². The number of fused-ring (bicyclic) bond motifs is 1. The molecule has 0 bridgehead atoms. The topological polar surface area (TPSA) is 121 Å². The number of hydrogen-bond donors (Lipinski definition) is 2. The van der Waals surface area contributed by atoms with Crippen molar-refractivity contribution in [3.63, 3.8) is 0 Å². The number of amides is 1. The van der Waals surface area contributed by atoms with Gasteiger partial charge in [0.2, 0.25) is 5.91 Å². The van der Waals surface area contributed by atoms with E-state index >= 15 is 0 Å². The predicted octanol–water partition coefficient (Wildman–Crippen LogP) is 2.45. The highest BCUT2D eigenvalue weighted by molar-refractivity contribution is 5.85. The first-order chi connectivity index (χ1) is 17.2. The van der Waals surface area contributed by atoms with Crippen LogP contribution in [0, 0.1) is 0 Å². The first-order valence-electron chi connectivity index (χ1n) is 12.0. The van der Waals surface area contributed by atoms with Crippen LogP contribution in [0.1, 0.15) is 49.1 Å². The van der Waals surface area contributed by atoms with Gasteiger partial charge in [-0.05, 0) is 31.4 Å². The van der Waals surface area contributed by atoms with E-state index in [4.69, 9.17) is 15.2 Å². The molecule has 4 rings (SSSR count). The number of rotatable bonds is 9. The number of carbonyl (C=O) groups is 2. The standard InChI is InChI=1S/C27H33N5O4/c1-26(2,28)24(33)29-21(18-36-17-19-10-6-4-7-11-19)23-31-30-22-16-27(25(34)35-3,14-15-32(22)23)20-12-8-5-9-13-20/h4-13,21H,14-18,28H2,1-3H3,(H,29,33)/t21-,27?/m1/s1. The van der Waals surface area contributed by atoms with Gasteiger partial charge in [0, 0.05) is 13.0 Å². The van der Waals surface area contributed by atoms with Crippen LogP contribution in [0.15, 0.2) is 60.7 Å². The largest absolute Gasteiger partial charge is 0.468 e. The number of aromatic nitrogens is 3. The third-order valence-corrected chi connectivity index (χ3v) is 6.58. The summed E-state index contributed by atoms with van der Waals surface area (Å²) in [5, 5.41) is 11.8. The highest BCUT2D eigenvalue weighted by Gasteiger charge is 2.46. The van der Waals surface area contributed by atoms with E-state index in [1.165, 1.54) is 7.11 Å².